The Labute approximate surface area is 251 Å². The number of hydrogen-bond donors (Lipinski definition) is 1. The molecule has 212 valence electrons. The van der Waals surface area contributed by atoms with Crippen LogP contribution in [0.4, 0.5) is 0 Å². The van der Waals surface area contributed by atoms with Gasteiger partial charge < -0.3 is 9.84 Å². The van der Waals surface area contributed by atoms with E-state index in [-0.39, 0.29) is 10.2 Å². The maximum absolute atomic E-state index is 12.8. The average molecular weight is 587 g/mol. The number of benzene rings is 3. The first-order valence-corrected chi connectivity index (χ1v) is 15.2. The smallest absolute Gasteiger partial charge is 0.323 e. The fourth-order valence-corrected chi connectivity index (χ4v) is 6.64. The predicted molar refractivity (Wildman–Crippen MR) is 167 cm³/mol. The number of likely N-dealkylation sites (tertiary alicyclic amines) is 1. The van der Waals surface area contributed by atoms with E-state index in [1.807, 2.05) is 30.3 Å². The maximum atomic E-state index is 12.8. The van der Waals surface area contributed by atoms with E-state index in [0.717, 1.165) is 78.0 Å². The third-order valence-corrected chi connectivity index (χ3v) is 8.87. The topological polar surface area (TPSA) is 70.1 Å². The van der Waals surface area contributed by atoms with Crippen LogP contribution in [-0.2, 0) is 29.2 Å². The Morgan fingerprint density at radius 1 is 1.00 bits per heavy atom. The van der Waals surface area contributed by atoms with Gasteiger partial charge in [-0.15, -0.1) is 0 Å². The molecule has 5 rings (SSSR count). The Morgan fingerprint density at radius 3 is 2.46 bits per heavy atom. The normalized spacial score (nSPS) is 19.0. The lowest BCUT2D eigenvalue weighted by Crippen LogP contribution is -2.33. The quantitative estimate of drug-likeness (QED) is 0.218. The number of hydrogen-bond acceptors (Lipinski definition) is 6. The molecule has 1 amide bonds. The van der Waals surface area contributed by atoms with Gasteiger partial charge in [0.1, 0.15) is 23.2 Å². The zero-order valence-corrected chi connectivity index (χ0v) is 24.5. The predicted octanol–water partition coefficient (Wildman–Crippen LogP) is 6.40. The number of ether oxygens (including phenoxy) is 1. The number of rotatable bonds is 10. The highest BCUT2D eigenvalue weighted by Crippen LogP contribution is 2.34. The third-order valence-electron chi connectivity index (χ3n) is 7.49. The second kappa shape index (κ2) is 13.9. The highest BCUT2D eigenvalue weighted by Gasteiger charge is 2.33. The van der Waals surface area contributed by atoms with Crippen molar-refractivity contribution in [3.63, 3.8) is 0 Å². The molecule has 3 aromatic carbocycles. The number of carbonyl (C=O) groups is 2. The van der Waals surface area contributed by atoms with Gasteiger partial charge in [0.05, 0.1) is 4.91 Å². The Kier molecular flexibility index (Phi) is 9.88. The molecule has 8 heteroatoms. The lowest BCUT2D eigenvalue weighted by Gasteiger charge is -2.22. The Hall–Kier alpha value is -3.46. The van der Waals surface area contributed by atoms with Crippen LogP contribution >= 0.6 is 24.0 Å². The van der Waals surface area contributed by atoms with E-state index in [2.05, 4.69) is 53.4 Å². The summed E-state index contributed by atoms with van der Waals surface area (Å²) in [6.07, 6.45) is 6.45. The lowest BCUT2D eigenvalue weighted by atomic mass is 9.93. The van der Waals surface area contributed by atoms with Gasteiger partial charge in [0.2, 0.25) is 0 Å². The van der Waals surface area contributed by atoms with Crippen LogP contribution in [0.1, 0.15) is 41.5 Å². The summed E-state index contributed by atoms with van der Waals surface area (Å²) in [5, 5.41) is 9.15. The molecule has 2 heterocycles. The molecule has 0 radical (unpaired) electrons. The van der Waals surface area contributed by atoms with Crippen LogP contribution in [0.15, 0.2) is 83.8 Å². The molecule has 2 saturated heterocycles. The molecular formula is C33H34N2O4S2. The van der Waals surface area contributed by atoms with E-state index in [0.29, 0.717) is 17.4 Å². The first-order valence-electron chi connectivity index (χ1n) is 14.0. The minimum Gasteiger partial charge on any atom is -0.489 e. The Balaban J connectivity index is 1.33. The molecule has 2 aliphatic heterocycles. The van der Waals surface area contributed by atoms with E-state index in [1.54, 1.807) is 6.08 Å². The standard InChI is InChI=1S/C33H34N2O4S2/c36-31(37)22-35-32(38)30(41-33(35)40)20-27-13-14-29(39-23-26-10-5-2-6-11-26)28(19-27)21-34-16-7-12-25(15-17-34)18-24-8-3-1-4-9-24/h1-6,8-11,13-14,19-20,25H,7,12,15-18,21-23H2,(H,36,37)/b30-20-/t25-/m1/s1. The fourth-order valence-electron chi connectivity index (χ4n) is 5.39. The fraction of sp³-hybridized carbons (Fsp3) is 0.303. The first kappa shape index (κ1) is 29.0. The number of thioether (sulfide) groups is 1. The molecule has 1 N–H and O–H groups in total. The van der Waals surface area contributed by atoms with Gasteiger partial charge in [-0.2, -0.15) is 0 Å². The van der Waals surface area contributed by atoms with Crippen LogP contribution in [0, 0.1) is 5.92 Å². The van der Waals surface area contributed by atoms with Crippen molar-refractivity contribution in [2.45, 2.75) is 38.8 Å². The summed E-state index contributed by atoms with van der Waals surface area (Å²) in [4.78, 5) is 28.1. The molecule has 0 bridgehead atoms. The molecular weight excluding hydrogens is 553 g/mol. The molecule has 0 saturated carbocycles. The molecule has 6 nitrogen and oxygen atoms in total. The van der Waals surface area contributed by atoms with Gasteiger partial charge in [-0.3, -0.25) is 19.4 Å². The number of carboxylic acid groups (broad SMARTS) is 1. The average Bonchev–Trinajstić information content (AvgIpc) is 3.10. The summed E-state index contributed by atoms with van der Waals surface area (Å²) in [6.45, 7) is 2.85. The molecule has 3 aromatic rings. The van der Waals surface area contributed by atoms with Crippen molar-refractivity contribution < 1.29 is 19.4 Å². The van der Waals surface area contributed by atoms with Crippen LogP contribution in [-0.4, -0.2) is 50.7 Å². The highest BCUT2D eigenvalue weighted by atomic mass is 32.2. The van der Waals surface area contributed by atoms with E-state index in [1.165, 1.54) is 12.0 Å². The highest BCUT2D eigenvalue weighted by molar-refractivity contribution is 8.26. The van der Waals surface area contributed by atoms with Crippen molar-refractivity contribution in [2.24, 2.45) is 5.92 Å². The zero-order valence-electron chi connectivity index (χ0n) is 22.9. The summed E-state index contributed by atoms with van der Waals surface area (Å²) in [5.74, 6) is 0.0447. The number of nitrogens with zero attached hydrogens (tertiary/aromatic N) is 2. The minimum absolute atomic E-state index is 0.265. The summed E-state index contributed by atoms with van der Waals surface area (Å²) < 4.78 is 6.57. The zero-order chi connectivity index (χ0) is 28.6. The van der Waals surface area contributed by atoms with Crippen LogP contribution in [0.5, 0.6) is 5.75 Å². The van der Waals surface area contributed by atoms with Crippen LogP contribution in [0.3, 0.4) is 0 Å². The van der Waals surface area contributed by atoms with E-state index in [9.17, 15) is 9.59 Å². The largest absolute Gasteiger partial charge is 0.489 e. The minimum atomic E-state index is -1.09. The second-order valence-electron chi connectivity index (χ2n) is 10.6. The number of carbonyl (C=O) groups excluding carboxylic acids is 1. The van der Waals surface area contributed by atoms with Gasteiger partial charge in [0.15, 0.2) is 0 Å². The lowest BCUT2D eigenvalue weighted by molar-refractivity contribution is -0.140. The molecule has 1 atom stereocenters. The van der Waals surface area contributed by atoms with Crippen molar-refractivity contribution in [2.75, 3.05) is 19.6 Å². The van der Waals surface area contributed by atoms with Crippen molar-refractivity contribution in [1.29, 1.82) is 0 Å². The SMILES string of the molecule is O=C(O)CN1C(=O)/C(=C/c2ccc(OCc3ccccc3)c(CN3CCC[C@@H](Cc4ccccc4)CC3)c2)SC1=S. The molecule has 2 aliphatic rings. The molecule has 0 aliphatic carbocycles. The van der Waals surface area contributed by atoms with Crippen LogP contribution in [0.25, 0.3) is 6.08 Å². The van der Waals surface area contributed by atoms with Crippen LogP contribution < -0.4 is 4.74 Å². The van der Waals surface area contributed by atoms with Crippen molar-refractivity contribution in [3.8, 4) is 5.75 Å². The molecule has 2 fully saturated rings. The number of amides is 1. The van der Waals surface area contributed by atoms with Crippen molar-refractivity contribution >= 4 is 46.3 Å². The monoisotopic (exact) mass is 586 g/mol. The van der Waals surface area contributed by atoms with Gasteiger partial charge in [-0.25, -0.2) is 0 Å². The van der Waals surface area contributed by atoms with Crippen LogP contribution in [0.2, 0.25) is 0 Å². The summed E-state index contributed by atoms with van der Waals surface area (Å²) in [6, 6.07) is 26.8. The van der Waals surface area contributed by atoms with E-state index >= 15 is 0 Å². The summed E-state index contributed by atoms with van der Waals surface area (Å²) in [7, 11) is 0. The van der Waals surface area contributed by atoms with Crippen molar-refractivity contribution in [1.82, 2.24) is 9.80 Å². The molecule has 0 spiro atoms. The summed E-state index contributed by atoms with van der Waals surface area (Å²) in [5.41, 5.74) is 4.43. The molecule has 0 unspecified atom stereocenters. The summed E-state index contributed by atoms with van der Waals surface area (Å²) >= 11 is 6.41. The molecule has 0 aromatic heterocycles. The second-order valence-corrected chi connectivity index (χ2v) is 12.2. The number of thiocarbonyl (C=S) groups is 1. The number of carboxylic acids is 1. The van der Waals surface area contributed by atoms with Gasteiger partial charge in [-0.1, -0.05) is 90.7 Å². The Morgan fingerprint density at radius 2 is 1.73 bits per heavy atom. The number of aliphatic carboxylic acids is 1. The Bertz CT molecular complexity index is 1410. The third kappa shape index (κ3) is 8.06. The first-order chi connectivity index (χ1) is 19.9. The maximum Gasteiger partial charge on any atom is 0.323 e. The molecule has 41 heavy (non-hydrogen) atoms. The van der Waals surface area contributed by atoms with Gasteiger partial charge in [0, 0.05) is 12.1 Å². The van der Waals surface area contributed by atoms with Gasteiger partial charge in [-0.05, 0) is 79.6 Å². The van der Waals surface area contributed by atoms with E-state index in [4.69, 9.17) is 22.1 Å². The van der Waals surface area contributed by atoms with Gasteiger partial charge >= 0.3 is 5.97 Å². The van der Waals surface area contributed by atoms with Crippen molar-refractivity contribution in [3.05, 3.63) is 106 Å². The van der Waals surface area contributed by atoms with Gasteiger partial charge in [0.25, 0.3) is 5.91 Å². The van der Waals surface area contributed by atoms with E-state index < -0.39 is 12.5 Å².